The van der Waals surface area contributed by atoms with Crippen molar-refractivity contribution >= 4 is 11.3 Å². The summed E-state index contributed by atoms with van der Waals surface area (Å²) in [6, 6.07) is 3.50. The molecule has 84 valence electrons. The van der Waals surface area contributed by atoms with E-state index in [-0.39, 0.29) is 0 Å². The van der Waals surface area contributed by atoms with Gasteiger partial charge in [0.2, 0.25) is 0 Å². The molecular weight excluding hydrogens is 204 g/mol. The van der Waals surface area contributed by atoms with Crippen molar-refractivity contribution < 1.29 is 0 Å². The van der Waals surface area contributed by atoms with Crippen molar-refractivity contribution in [3.8, 4) is 0 Å². The standard InChI is InChI=1S/C12H20N2S/c1-9(8-13-3)14-6-4-12-11(10(14)2)5-7-15-12/h5,7,9-10,13H,4,6,8H2,1-3H3. The maximum absolute atomic E-state index is 3.26. The van der Waals surface area contributed by atoms with Crippen LogP contribution in [-0.2, 0) is 6.42 Å². The Kier molecular flexibility index (Phi) is 3.44. The molecule has 0 aliphatic carbocycles. The van der Waals surface area contributed by atoms with Crippen LogP contribution >= 0.6 is 11.3 Å². The maximum Gasteiger partial charge on any atom is 0.0334 e. The lowest BCUT2D eigenvalue weighted by atomic mass is 9.99. The SMILES string of the molecule is CNCC(C)N1CCc2sccc2C1C. The van der Waals surface area contributed by atoms with Gasteiger partial charge in [-0.25, -0.2) is 0 Å². The van der Waals surface area contributed by atoms with Gasteiger partial charge in [0.15, 0.2) is 0 Å². The fraction of sp³-hybridized carbons (Fsp3) is 0.667. The van der Waals surface area contributed by atoms with E-state index in [1.54, 1.807) is 10.4 Å². The van der Waals surface area contributed by atoms with Crippen molar-refractivity contribution in [1.29, 1.82) is 0 Å². The van der Waals surface area contributed by atoms with Gasteiger partial charge in [0.25, 0.3) is 0 Å². The number of rotatable bonds is 3. The molecule has 2 unspecified atom stereocenters. The Labute approximate surface area is 96.3 Å². The van der Waals surface area contributed by atoms with E-state index < -0.39 is 0 Å². The Morgan fingerprint density at radius 3 is 3.20 bits per heavy atom. The number of likely N-dealkylation sites (N-methyl/N-ethyl adjacent to an activating group) is 1. The third-order valence-corrected chi connectivity index (χ3v) is 4.39. The van der Waals surface area contributed by atoms with E-state index in [2.05, 4.69) is 35.5 Å². The Morgan fingerprint density at radius 1 is 1.67 bits per heavy atom. The summed E-state index contributed by atoms with van der Waals surface area (Å²) >= 11 is 1.91. The lowest BCUT2D eigenvalue weighted by molar-refractivity contribution is 0.144. The highest BCUT2D eigenvalue weighted by atomic mass is 32.1. The average molecular weight is 224 g/mol. The topological polar surface area (TPSA) is 15.3 Å². The van der Waals surface area contributed by atoms with Crippen LogP contribution in [0.2, 0.25) is 0 Å². The van der Waals surface area contributed by atoms with E-state index in [1.807, 2.05) is 18.4 Å². The molecule has 2 atom stereocenters. The smallest absolute Gasteiger partial charge is 0.0334 e. The molecule has 1 N–H and O–H groups in total. The molecule has 1 aliphatic rings. The zero-order valence-electron chi connectivity index (χ0n) is 9.79. The van der Waals surface area contributed by atoms with Crippen molar-refractivity contribution in [1.82, 2.24) is 10.2 Å². The normalized spacial score (nSPS) is 23.8. The summed E-state index contributed by atoms with van der Waals surface area (Å²) in [4.78, 5) is 4.20. The predicted octanol–water partition coefficient (Wildman–Crippen LogP) is 2.28. The van der Waals surface area contributed by atoms with Gasteiger partial charge in [-0.2, -0.15) is 0 Å². The first kappa shape index (κ1) is 11.1. The van der Waals surface area contributed by atoms with Gasteiger partial charge in [0.05, 0.1) is 0 Å². The molecule has 1 aromatic heterocycles. The van der Waals surface area contributed by atoms with Crippen molar-refractivity contribution in [2.45, 2.75) is 32.4 Å². The summed E-state index contributed by atoms with van der Waals surface area (Å²) in [7, 11) is 2.03. The van der Waals surface area contributed by atoms with Crippen LogP contribution < -0.4 is 5.32 Å². The first-order valence-electron chi connectivity index (χ1n) is 5.70. The summed E-state index contributed by atoms with van der Waals surface area (Å²) in [5.41, 5.74) is 1.55. The average Bonchev–Trinajstić information content (AvgIpc) is 2.67. The lowest BCUT2D eigenvalue weighted by Gasteiger charge is -2.38. The van der Waals surface area contributed by atoms with Gasteiger partial charge >= 0.3 is 0 Å². The second-order valence-corrected chi connectivity index (χ2v) is 5.37. The summed E-state index contributed by atoms with van der Waals surface area (Å²) < 4.78 is 0. The number of thiophene rings is 1. The van der Waals surface area contributed by atoms with E-state index in [9.17, 15) is 0 Å². The fourth-order valence-electron chi connectivity index (χ4n) is 2.54. The highest BCUT2D eigenvalue weighted by Crippen LogP contribution is 2.33. The molecule has 0 fully saturated rings. The number of nitrogens with zero attached hydrogens (tertiary/aromatic N) is 1. The summed E-state index contributed by atoms with van der Waals surface area (Å²) in [5, 5.41) is 5.49. The predicted molar refractivity (Wildman–Crippen MR) is 66.5 cm³/mol. The Bertz CT molecular complexity index is 321. The largest absolute Gasteiger partial charge is 0.318 e. The Morgan fingerprint density at radius 2 is 2.47 bits per heavy atom. The lowest BCUT2D eigenvalue weighted by Crippen LogP contribution is -2.44. The molecule has 0 bridgehead atoms. The summed E-state index contributed by atoms with van der Waals surface area (Å²) in [6.45, 7) is 6.92. The molecule has 1 aliphatic heterocycles. The summed E-state index contributed by atoms with van der Waals surface area (Å²) in [6.07, 6.45) is 1.23. The van der Waals surface area contributed by atoms with Gasteiger partial charge in [-0.05, 0) is 44.3 Å². The van der Waals surface area contributed by atoms with Crippen LogP contribution in [0.1, 0.15) is 30.3 Å². The number of nitrogens with one attached hydrogen (secondary N) is 1. The molecule has 0 radical (unpaired) electrons. The first-order chi connectivity index (χ1) is 7.24. The minimum atomic E-state index is 0.586. The second kappa shape index (κ2) is 4.64. The van der Waals surface area contributed by atoms with E-state index in [4.69, 9.17) is 0 Å². The Balaban J connectivity index is 2.12. The van der Waals surface area contributed by atoms with Crippen molar-refractivity contribution in [2.24, 2.45) is 0 Å². The molecule has 2 heterocycles. The molecule has 0 spiro atoms. The second-order valence-electron chi connectivity index (χ2n) is 4.37. The van der Waals surface area contributed by atoms with Crippen LogP contribution in [0.25, 0.3) is 0 Å². The fourth-order valence-corrected chi connectivity index (χ4v) is 3.51. The molecule has 0 amide bonds. The quantitative estimate of drug-likeness (QED) is 0.847. The third kappa shape index (κ3) is 2.10. The molecule has 15 heavy (non-hydrogen) atoms. The minimum Gasteiger partial charge on any atom is -0.318 e. The van der Waals surface area contributed by atoms with Crippen molar-refractivity contribution in [3.05, 3.63) is 21.9 Å². The molecule has 2 nitrogen and oxygen atoms in total. The third-order valence-electron chi connectivity index (χ3n) is 3.39. The highest BCUT2D eigenvalue weighted by Gasteiger charge is 2.27. The number of hydrogen-bond acceptors (Lipinski definition) is 3. The molecular formula is C12H20N2S. The van der Waals surface area contributed by atoms with E-state index in [0.717, 1.165) is 6.54 Å². The number of hydrogen-bond donors (Lipinski definition) is 1. The van der Waals surface area contributed by atoms with Crippen LogP contribution in [0.3, 0.4) is 0 Å². The Hall–Kier alpha value is -0.380. The van der Waals surface area contributed by atoms with Crippen molar-refractivity contribution in [3.63, 3.8) is 0 Å². The van der Waals surface area contributed by atoms with Gasteiger partial charge in [0.1, 0.15) is 0 Å². The molecule has 0 saturated carbocycles. The molecule has 0 aromatic carbocycles. The molecule has 1 aromatic rings. The highest BCUT2D eigenvalue weighted by molar-refractivity contribution is 7.10. The van der Waals surface area contributed by atoms with Crippen LogP contribution in [0.15, 0.2) is 11.4 Å². The molecule has 2 rings (SSSR count). The van der Waals surface area contributed by atoms with Crippen LogP contribution in [-0.4, -0.2) is 31.1 Å². The first-order valence-corrected chi connectivity index (χ1v) is 6.58. The van der Waals surface area contributed by atoms with E-state index >= 15 is 0 Å². The van der Waals surface area contributed by atoms with Gasteiger partial charge in [-0.3, -0.25) is 4.90 Å². The zero-order chi connectivity index (χ0) is 10.8. The van der Waals surface area contributed by atoms with Gasteiger partial charge in [0, 0.05) is 30.1 Å². The van der Waals surface area contributed by atoms with Crippen LogP contribution in [0.5, 0.6) is 0 Å². The van der Waals surface area contributed by atoms with Gasteiger partial charge in [-0.1, -0.05) is 0 Å². The molecule has 3 heteroatoms. The maximum atomic E-state index is 3.26. The van der Waals surface area contributed by atoms with Crippen LogP contribution in [0, 0.1) is 0 Å². The monoisotopic (exact) mass is 224 g/mol. The van der Waals surface area contributed by atoms with E-state index in [1.165, 1.54) is 13.0 Å². The van der Waals surface area contributed by atoms with Gasteiger partial charge in [-0.15, -0.1) is 11.3 Å². The van der Waals surface area contributed by atoms with Gasteiger partial charge < -0.3 is 5.32 Å². The van der Waals surface area contributed by atoms with E-state index in [0.29, 0.717) is 12.1 Å². The minimum absolute atomic E-state index is 0.586. The van der Waals surface area contributed by atoms with Crippen molar-refractivity contribution in [2.75, 3.05) is 20.1 Å². The van der Waals surface area contributed by atoms with Crippen LogP contribution in [0.4, 0.5) is 0 Å². The molecule has 0 saturated heterocycles. The zero-order valence-corrected chi connectivity index (χ0v) is 10.6. The number of fused-ring (bicyclic) bond motifs is 1. The summed E-state index contributed by atoms with van der Waals surface area (Å²) in [5.74, 6) is 0.